The molecule has 1 heterocycles. The predicted octanol–water partition coefficient (Wildman–Crippen LogP) is 2.16. The minimum Gasteiger partial charge on any atom is -0.348 e. The molecule has 1 aliphatic heterocycles. The van der Waals surface area contributed by atoms with Gasteiger partial charge in [0.2, 0.25) is 0 Å². The van der Waals surface area contributed by atoms with E-state index in [0.29, 0.717) is 10.6 Å². The number of halogens is 2. The van der Waals surface area contributed by atoms with Crippen LogP contribution in [-0.4, -0.2) is 25.0 Å². The zero-order chi connectivity index (χ0) is 11.5. The molecule has 1 atom stereocenters. The fourth-order valence-corrected chi connectivity index (χ4v) is 2.20. The molecule has 0 radical (unpaired) electrons. The molecule has 1 aliphatic rings. The van der Waals surface area contributed by atoms with Gasteiger partial charge in [0.15, 0.2) is 0 Å². The van der Waals surface area contributed by atoms with Gasteiger partial charge in [-0.3, -0.25) is 4.79 Å². The number of aryl methyl sites for hydroxylation is 1. The quantitative estimate of drug-likeness (QED) is 0.868. The summed E-state index contributed by atoms with van der Waals surface area (Å²) in [6, 6.07) is 5.64. The predicted molar refractivity (Wildman–Crippen MR) is 72.2 cm³/mol. The van der Waals surface area contributed by atoms with Gasteiger partial charge in [-0.15, -0.1) is 12.4 Å². The molecule has 17 heavy (non-hydrogen) atoms. The van der Waals surface area contributed by atoms with E-state index in [-0.39, 0.29) is 24.4 Å². The van der Waals surface area contributed by atoms with Crippen LogP contribution in [0, 0.1) is 6.92 Å². The molecule has 0 aliphatic carbocycles. The van der Waals surface area contributed by atoms with Gasteiger partial charge in [-0.05, 0) is 43.7 Å². The maximum Gasteiger partial charge on any atom is 0.251 e. The fourth-order valence-electron chi connectivity index (χ4n) is 1.91. The molecule has 0 spiro atoms. The van der Waals surface area contributed by atoms with Gasteiger partial charge in [0, 0.05) is 23.2 Å². The van der Waals surface area contributed by atoms with Crippen LogP contribution in [0.5, 0.6) is 0 Å². The van der Waals surface area contributed by atoms with Crippen LogP contribution in [0.2, 0.25) is 5.02 Å². The molecule has 2 rings (SSSR count). The lowest BCUT2D eigenvalue weighted by molar-refractivity contribution is 0.0940. The zero-order valence-corrected chi connectivity index (χ0v) is 11.2. The molecule has 1 saturated heterocycles. The standard InChI is InChI=1S/C12H15ClN2O.ClH/c1-8-4-9(6-10(13)5-8)12(16)15-11-2-3-14-7-11;/h4-6,11,14H,2-3,7H2,1H3,(H,15,16);1H. The second-order valence-corrected chi connectivity index (χ2v) is 4.62. The van der Waals surface area contributed by atoms with Crippen LogP contribution < -0.4 is 10.6 Å². The Morgan fingerprint density at radius 1 is 1.47 bits per heavy atom. The normalized spacial score (nSPS) is 18.6. The molecule has 0 saturated carbocycles. The molecule has 1 aromatic rings. The Kier molecular flexibility index (Phi) is 5.25. The summed E-state index contributed by atoms with van der Waals surface area (Å²) in [4.78, 5) is 11.9. The highest BCUT2D eigenvalue weighted by atomic mass is 35.5. The summed E-state index contributed by atoms with van der Waals surface area (Å²) in [6.07, 6.45) is 0.991. The third-order valence-electron chi connectivity index (χ3n) is 2.70. The molecular weight excluding hydrogens is 259 g/mol. The molecule has 0 bridgehead atoms. The number of benzene rings is 1. The number of rotatable bonds is 2. The highest BCUT2D eigenvalue weighted by Gasteiger charge is 2.17. The summed E-state index contributed by atoms with van der Waals surface area (Å²) < 4.78 is 0. The average molecular weight is 275 g/mol. The summed E-state index contributed by atoms with van der Waals surface area (Å²) >= 11 is 5.92. The Balaban J connectivity index is 0.00000144. The smallest absolute Gasteiger partial charge is 0.251 e. The van der Waals surface area contributed by atoms with E-state index in [1.54, 1.807) is 6.07 Å². The average Bonchev–Trinajstić information content (AvgIpc) is 2.68. The summed E-state index contributed by atoms with van der Waals surface area (Å²) in [5.74, 6) is -0.0423. The van der Waals surface area contributed by atoms with Crippen LogP contribution >= 0.6 is 24.0 Å². The van der Waals surface area contributed by atoms with Crippen LogP contribution in [0.4, 0.5) is 0 Å². The maximum absolute atomic E-state index is 11.9. The number of nitrogens with one attached hydrogen (secondary N) is 2. The number of amides is 1. The van der Waals surface area contributed by atoms with Crippen molar-refractivity contribution < 1.29 is 4.79 Å². The van der Waals surface area contributed by atoms with E-state index >= 15 is 0 Å². The van der Waals surface area contributed by atoms with Crippen molar-refractivity contribution >= 4 is 29.9 Å². The first-order valence-corrected chi connectivity index (χ1v) is 5.82. The van der Waals surface area contributed by atoms with E-state index in [9.17, 15) is 4.79 Å². The van der Waals surface area contributed by atoms with Crippen LogP contribution in [0.15, 0.2) is 18.2 Å². The van der Waals surface area contributed by atoms with E-state index in [1.165, 1.54) is 0 Å². The second kappa shape index (κ2) is 6.24. The van der Waals surface area contributed by atoms with Crippen molar-refractivity contribution in [2.24, 2.45) is 0 Å². The molecule has 1 unspecified atom stereocenters. The number of carbonyl (C=O) groups excluding carboxylic acids is 1. The van der Waals surface area contributed by atoms with Gasteiger partial charge in [0.1, 0.15) is 0 Å². The molecule has 94 valence electrons. The molecular formula is C12H16Cl2N2O. The van der Waals surface area contributed by atoms with Gasteiger partial charge >= 0.3 is 0 Å². The van der Waals surface area contributed by atoms with E-state index in [0.717, 1.165) is 25.1 Å². The lowest BCUT2D eigenvalue weighted by atomic mass is 10.1. The van der Waals surface area contributed by atoms with E-state index in [1.807, 2.05) is 19.1 Å². The minimum atomic E-state index is -0.0423. The second-order valence-electron chi connectivity index (χ2n) is 4.18. The molecule has 1 amide bonds. The van der Waals surface area contributed by atoms with E-state index in [4.69, 9.17) is 11.6 Å². The van der Waals surface area contributed by atoms with Crippen molar-refractivity contribution in [3.05, 3.63) is 34.3 Å². The van der Waals surface area contributed by atoms with Crippen LogP contribution in [0.25, 0.3) is 0 Å². The summed E-state index contributed by atoms with van der Waals surface area (Å²) in [5.41, 5.74) is 1.64. The van der Waals surface area contributed by atoms with Crippen LogP contribution in [0.3, 0.4) is 0 Å². The molecule has 2 N–H and O–H groups in total. The minimum absolute atomic E-state index is 0. The lowest BCUT2D eigenvalue weighted by Gasteiger charge is -2.11. The van der Waals surface area contributed by atoms with Gasteiger partial charge in [0.05, 0.1) is 0 Å². The number of hydrogen-bond acceptors (Lipinski definition) is 2. The largest absolute Gasteiger partial charge is 0.348 e. The summed E-state index contributed by atoms with van der Waals surface area (Å²) in [5, 5.41) is 6.81. The first-order valence-electron chi connectivity index (χ1n) is 5.44. The highest BCUT2D eigenvalue weighted by molar-refractivity contribution is 6.31. The Labute approximate surface area is 112 Å². The Morgan fingerprint density at radius 3 is 2.82 bits per heavy atom. The molecule has 3 nitrogen and oxygen atoms in total. The third kappa shape index (κ3) is 3.87. The topological polar surface area (TPSA) is 41.1 Å². The first kappa shape index (κ1) is 14.3. The summed E-state index contributed by atoms with van der Waals surface area (Å²) in [6.45, 7) is 3.75. The maximum atomic E-state index is 11.9. The van der Waals surface area contributed by atoms with Gasteiger partial charge in [0.25, 0.3) is 5.91 Å². The van der Waals surface area contributed by atoms with Gasteiger partial charge < -0.3 is 10.6 Å². The van der Waals surface area contributed by atoms with Gasteiger partial charge in [-0.1, -0.05) is 11.6 Å². The SMILES string of the molecule is Cc1cc(Cl)cc(C(=O)NC2CCNC2)c1.Cl. The van der Waals surface area contributed by atoms with Crippen molar-refractivity contribution in [3.8, 4) is 0 Å². The van der Waals surface area contributed by atoms with Crippen LogP contribution in [-0.2, 0) is 0 Å². The van der Waals surface area contributed by atoms with E-state index < -0.39 is 0 Å². The molecule has 5 heteroatoms. The molecule has 0 aromatic heterocycles. The van der Waals surface area contributed by atoms with Crippen LogP contribution in [0.1, 0.15) is 22.3 Å². The van der Waals surface area contributed by atoms with Crippen molar-refractivity contribution in [3.63, 3.8) is 0 Å². The van der Waals surface area contributed by atoms with Crippen molar-refractivity contribution in [2.75, 3.05) is 13.1 Å². The molecule has 1 fully saturated rings. The summed E-state index contributed by atoms with van der Waals surface area (Å²) in [7, 11) is 0. The third-order valence-corrected chi connectivity index (χ3v) is 2.92. The van der Waals surface area contributed by atoms with Gasteiger partial charge in [-0.2, -0.15) is 0 Å². The Morgan fingerprint density at radius 2 is 2.24 bits per heavy atom. The van der Waals surface area contributed by atoms with Crippen molar-refractivity contribution in [2.45, 2.75) is 19.4 Å². The first-order chi connectivity index (χ1) is 7.65. The van der Waals surface area contributed by atoms with Crippen molar-refractivity contribution in [1.29, 1.82) is 0 Å². The van der Waals surface area contributed by atoms with Crippen molar-refractivity contribution in [1.82, 2.24) is 10.6 Å². The highest BCUT2D eigenvalue weighted by Crippen LogP contribution is 2.14. The molecule has 1 aromatic carbocycles. The lowest BCUT2D eigenvalue weighted by Crippen LogP contribution is -2.36. The fraction of sp³-hybridized carbons (Fsp3) is 0.417. The Bertz CT molecular complexity index is 383. The zero-order valence-electron chi connectivity index (χ0n) is 9.63. The van der Waals surface area contributed by atoms with E-state index in [2.05, 4.69) is 10.6 Å². The Hall–Kier alpha value is -0.770. The monoisotopic (exact) mass is 274 g/mol. The number of hydrogen-bond donors (Lipinski definition) is 2. The van der Waals surface area contributed by atoms with Gasteiger partial charge in [-0.25, -0.2) is 0 Å². The number of carbonyl (C=O) groups is 1.